The number of carbonyl (C=O) groups is 1. The molecule has 0 radical (unpaired) electrons. The van der Waals surface area contributed by atoms with Crippen molar-refractivity contribution in [2.45, 2.75) is 18.9 Å². The molecule has 5 nitrogen and oxygen atoms in total. The minimum absolute atomic E-state index is 0.0540. The highest BCUT2D eigenvalue weighted by atomic mass is 16.2. The van der Waals surface area contributed by atoms with E-state index in [1.807, 2.05) is 19.0 Å². The Labute approximate surface area is 95.4 Å². The third-order valence-corrected chi connectivity index (χ3v) is 3.01. The van der Waals surface area contributed by atoms with Gasteiger partial charge < -0.3 is 10.2 Å². The first-order valence-electron chi connectivity index (χ1n) is 5.67. The van der Waals surface area contributed by atoms with Crippen LogP contribution in [0, 0.1) is 0 Å². The van der Waals surface area contributed by atoms with Crippen LogP contribution in [-0.2, 0) is 7.05 Å². The summed E-state index contributed by atoms with van der Waals surface area (Å²) < 4.78 is 1.66. The fourth-order valence-electron chi connectivity index (χ4n) is 2.23. The number of hydrogen-bond donors (Lipinski definition) is 1. The maximum absolute atomic E-state index is 12.2. The van der Waals surface area contributed by atoms with Crippen molar-refractivity contribution in [2.24, 2.45) is 7.05 Å². The molecule has 1 N–H and O–H groups in total. The van der Waals surface area contributed by atoms with Crippen LogP contribution in [0.1, 0.15) is 23.3 Å². The monoisotopic (exact) mass is 222 g/mol. The lowest BCUT2D eigenvalue weighted by Crippen LogP contribution is -2.41. The zero-order chi connectivity index (χ0) is 11.5. The van der Waals surface area contributed by atoms with Gasteiger partial charge in [0.15, 0.2) is 0 Å². The Hall–Kier alpha value is -1.36. The molecule has 0 aliphatic carbocycles. The van der Waals surface area contributed by atoms with Crippen LogP contribution in [0.2, 0.25) is 0 Å². The first-order valence-corrected chi connectivity index (χ1v) is 5.67. The molecule has 1 aliphatic rings. The standard InChI is InChI=1S/C11H18N4O/c1-12-8-9-4-3-6-15(9)11(16)10-5-7-14(2)13-10/h5,7,9,12H,3-4,6,8H2,1-2H3. The van der Waals surface area contributed by atoms with Gasteiger partial charge in [0.2, 0.25) is 0 Å². The van der Waals surface area contributed by atoms with Gasteiger partial charge in [0.05, 0.1) is 0 Å². The molecule has 16 heavy (non-hydrogen) atoms. The number of amides is 1. The SMILES string of the molecule is CNCC1CCCN1C(=O)c1ccn(C)n1. The van der Waals surface area contributed by atoms with Crippen molar-refractivity contribution >= 4 is 5.91 Å². The minimum Gasteiger partial charge on any atom is -0.333 e. The predicted molar refractivity (Wildman–Crippen MR) is 61.2 cm³/mol. The van der Waals surface area contributed by atoms with Gasteiger partial charge >= 0.3 is 0 Å². The zero-order valence-electron chi connectivity index (χ0n) is 9.81. The number of aryl methyl sites for hydroxylation is 1. The van der Waals surface area contributed by atoms with E-state index in [1.54, 1.807) is 16.9 Å². The third-order valence-electron chi connectivity index (χ3n) is 3.01. The zero-order valence-corrected chi connectivity index (χ0v) is 9.81. The van der Waals surface area contributed by atoms with Gasteiger partial charge in [0.1, 0.15) is 5.69 Å². The van der Waals surface area contributed by atoms with Crippen molar-refractivity contribution < 1.29 is 4.79 Å². The minimum atomic E-state index is 0.0540. The average Bonchev–Trinajstić information content (AvgIpc) is 2.87. The fraction of sp³-hybridized carbons (Fsp3) is 0.636. The van der Waals surface area contributed by atoms with Crippen molar-refractivity contribution in [1.82, 2.24) is 20.0 Å². The van der Waals surface area contributed by atoms with Crippen molar-refractivity contribution in [2.75, 3.05) is 20.1 Å². The maximum Gasteiger partial charge on any atom is 0.274 e. The summed E-state index contributed by atoms with van der Waals surface area (Å²) in [6, 6.07) is 2.09. The van der Waals surface area contributed by atoms with Gasteiger partial charge in [-0.3, -0.25) is 9.48 Å². The maximum atomic E-state index is 12.2. The number of nitrogens with one attached hydrogen (secondary N) is 1. The fourth-order valence-corrected chi connectivity index (χ4v) is 2.23. The van der Waals surface area contributed by atoms with Crippen molar-refractivity contribution in [3.63, 3.8) is 0 Å². The molecule has 2 heterocycles. The van der Waals surface area contributed by atoms with E-state index in [0.717, 1.165) is 25.9 Å². The molecule has 0 bridgehead atoms. The van der Waals surface area contributed by atoms with E-state index < -0.39 is 0 Å². The molecule has 1 atom stereocenters. The lowest BCUT2D eigenvalue weighted by Gasteiger charge is -2.23. The van der Waals surface area contributed by atoms with Crippen molar-refractivity contribution in [3.8, 4) is 0 Å². The third kappa shape index (κ3) is 2.09. The van der Waals surface area contributed by atoms with Gasteiger partial charge in [-0.05, 0) is 26.0 Å². The highest BCUT2D eigenvalue weighted by molar-refractivity contribution is 5.92. The average molecular weight is 222 g/mol. The summed E-state index contributed by atoms with van der Waals surface area (Å²) in [6.07, 6.45) is 3.97. The molecule has 1 aliphatic heterocycles. The summed E-state index contributed by atoms with van der Waals surface area (Å²) in [5.74, 6) is 0.0540. The summed E-state index contributed by atoms with van der Waals surface area (Å²) in [6.45, 7) is 1.71. The van der Waals surface area contributed by atoms with Gasteiger partial charge in [-0.25, -0.2) is 0 Å². The van der Waals surface area contributed by atoms with Gasteiger partial charge in [0, 0.05) is 32.4 Å². The highest BCUT2D eigenvalue weighted by Crippen LogP contribution is 2.18. The van der Waals surface area contributed by atoms with Crippen LogP contribution in [0.3, 0.4) is 0 Å². The molecule has 1 unspecified atom stereocenters. The summed E-state index contributed by atoms with van der Waals surface area (Å²) in [7, 11) is 3.74. The molecule has 5 heteroatoms. The van der Waals surface area contributed by atoms with E-state index in [0.29, 0.717) is 11.7 Å². The Morgan fingerprint density at radius 1 is 1.69 bits per heavy atom. The van der Waals surface area contributed by atoms with Crippen molar-refractivity contribution in [1.29, 1.82) is 0 Å². The van der Waals surface area contributed by atoms with Gasteiger partial charge in [-0.1, -0.05) is 0 Å². The van der Waals surface area contributed by atoms with E-state index >= 15 is 0 Å². The topological polar surface area (TPSA) is 50.2 Å². The molecule has 0 spiro atoms. The molecule has 0 saturated carbocycles. The lowest BCUT2D eigenvalue weighted by atomic mass is 10.2. The summed E-state index contributed by atoms with van der Waals surface area (Å²) in [4.78, 5) is 14.1. The molecule has 88 valence electrons. The molecule has 1 fully saturated rings. The number of nitrogens with zero attached hydrogens (tertiary/aromatic N) is 3. The number of likely N-dealkylation sites (tertiary alicyclic amines) is 1. The summed E-state index contributed by atoms with van der Waals surface area (Å²) >= 11 is 0. The number of rotatable bonds is 3. The van der Waals surface area contributed by atoms with Crippen LogP contribution < -0.4 is 5.32 Å². The van der Waals surface area contributed by atoms with Crippen LogP contribution in [0.5, 0.6) is 0 Å². The van der Waals surface area contributed by atoms with E-state index in [9.17, 15) is 4.79 Å². The first-order chi connectivity index (χ1) is 7.72. The molecule has 0 aromatic carbocycles. The Balaban J connectivity index is 2.09. The van der Waals surface area contributed by atoms with E-state index in [4.69, 9.17) is 0 Å². The normalized spacial score (nSPS) is 20.4. The second-order valence-corrected chi connectivity index (χ2v) is 4.23. The highest BCUT2D eigenvalue weighted by Gasteiger charge is 2.29. The Morgan fingerprint density at radius 2 is 2.50 bits per heavy atom. The van der Waals surface area contributed by atoms with Crippen LogP contribution in [-0.4, -0.2) is 46.8 Å². The second kappa shape index (κ2) is 4.65. The summed E-state index contributed by atoms with van der Waals surface area (Å²) in [5, 5.41) is 7.29. The molecular weight excluding hydrogens is 204 g/mol. The Morgan fingerprint density at radius 3 is 3.12 bits per heavy atom. The first kappa shape index (κ1) is 11.1. The van der Waals surface area contributed by atoms with Crippen LogP contribution >= 0.6 is 0 Å². The quantitative estimate of drug-likeness (QED) is 0.797. The Bertz CT molecular complexity index is 374. The van der Waals surface area contributed by atoms with Crippen LogP contribution in [0.15, 0.2) is 12.3 Å². The number of hydrogen-bond acceptors (Lipinski definition) is 3. The lowest BCUT2D eigenvalue weighted by molar-refractivity contribution is 0.0730. The molecule has 2 rings (SSSR count). The van der Waals surface area contributed by atoms with E-state index in [2.05, 4.69) is 10.4 Å². The van der Waals surface area contributed by atoms with Gasteiger partial charge in [-0.2, -0.15) is 5.10 Å². The number of likely N-dealkylation sites (N-methyl/N-ethyl adjacent to an activating group) is 1. The number of carbonyl (C=O) groups excluding carboxylic acids is 1. The van der Waals surface area contributed by atoms with Crippen LogP contribution in [0.4, 0.5) is 0 Å². The van der Waals surface area contributed by atoms with Gasteiger partial charge in [-0.15, -0.1) is 0 Å². The van der Waals surface area contributed by atoms with Crippen LogP contribution in [0.25, 0.3) is 0 Å². The Kier molecular flexibility index (Phi) is 3.24. The molecule has 1 aromatic rings. The molecule has 1 saturated heterocycles. The predicted octanol–water partition coefficient (Wildman–Crippen LogP) is 0.244. The van der Waals surface area contributed by atoms with Crippen molar-refractivity contribution in [3.05, 3.63) is 18.0 Å². The molecule has 1 amide bonds. The van der Waals surface area contributed by atoms with E-state index in [1.165, 1.54) is 0 Å². The van der Waals surface area contributed by atoms with Gasteiger partial charge in [0.25, 0.3) is 5.91 Å². The smallest absolute Gasteiger partial charge is 0.274 e. The summed E-state index contributed by atoms with van der Waals surface area (Å²) in [5.41, 5.74) is 0.547. The largest absolute Gasteiger partial charge is 0.333 e. The molecular formula is C11H18N4O. The number of aromatic nitrogens is 2. The molecule has 1 aromatic heterocycles. The second-order valence-electron chi connectivity index (χ2n) is 4.23. The van der Waals surface area contributed by atoms with E-state index in [-0.39, 0.29) is 5.91 Å².